The topological polar surface area (TPSA) is 46.4 Å². The second-order valence-corrected chi connectivity index (χ2v) is 6.40. The summed E-state index contributed by atoms with van der Waals surface area (Å²) in [5.74, 6) is -0.132. The number of hydrazone groups is 1. The molecule has 0 aliphatic rings. The van der Waals surface area contributed by atoms with Crippen molar-refractivity contribution in [2.75, 3.05) is 0 Å². The summed E-state index contributed by atoms with van der Waals surface area (Å²) in [7, 11) is 0. The first kappa shape index (κ1) is 16.5. The SMILES string of the molecule is CCn1cc(/C=N\NC(=O)Cc2ccc(Br)cc2)c2ccccc21. The second-order valence-electron chi connectivity index (χ2n) is 5.48. The molecule has 0 saturated heterocycles. The van der Waals surface area contributed by atoms with Gasteiger partial charge < -0.3 is 4.57 Å². The fourth-order valence-electron chi connectivity index (χ4n) is 2.64. The zero-order valence-corrected chi connectivity index (χ0v) is 15.0. The van der Waals surface area contributed by atoms with Gasteiger partial charge in [0.15, 0.2) is 0 Å². The summed E-state index contributed by atoms with van der Waals surface area (Å²) in [6.45, 7) is 3.00. The van der Waals surface area contributed by atoms with Crippen LogP contribution in [-0.4, -0.2) is 16.7 Å². The Labute approximate surface area is 149 Å². The summed E-state index contributed by atoms with van der Waals surface area (Å²) in [5.41, 5.74) is 5.71. The van der Waals surface area contributed by atoms with Gasteiger partial charge in [-0.3, -0.25) is 4.79 Å². The van der Waals surface area contributed by atoms with Crippen molar-refractivity contribution in [1.29, 1.82) is 0 Å². The van der Waals surface area contributed by atoms with Crippen LogP contribution in [0, 0.1) is 0 Å². The van der Waals surface area contributed by atoms with E-state index in [0.29, 0.717) is 6.42 Å². The average Bonchev–Trinajstić information content (AvgIpc) is 2.95. The molecule has 2 aromatic carbocycles. The summed E-state index contributed by atoms with van der Waals surface area (Å²) in [4.78, 5) is 12.0. The fraction of sp³-hybridized carbons (Fsp3) is 0.158. The van der Waals surface area contributed by atoms with Gasteiger partial charge in [0.1, 0.15) is 0 Å². The second kappa shape index (κ2) is 7.45. The average molecular weight is 384 g/mol. The maximum atomic E-state index is 12.0. The number of fused-ring (bicyclic) bond motifs is 1. The normalized spacial score (nSPS) is 11.2. The standard InChI is InChI=1S/C19H18BrN3O/c1-2-23-13-15(17-5-3-4-6-18(17)23)12-21-22-19(24)11-14-7-9-16(20)10-8-14/h3-10,12-13H,2,11H2,1H3,(H,22,24)/b21-12-. The first-order valence-electron chi connectivity index (χ1n) is 7.81. The first-order chi connectivity index (χ1) is 11.7. The lowest BCUT2D eigenvalue weighted by Gasteiger charge is -2.00. The van der Waals surface area contributed by atoms with Crippen molar-refractivity contribution >= 4 is 39.0 Å². The van der Waals surface area contributed by atoms with E-state index >= 15 is 0 Å². The van der Waals surface area contributed by atoms with Crippen LogP contribution in [0.25, 0.3) is 10.9 Å². The molecule has 0 atom stereocenters. The third-order valence-electron chi connectivity index (χ3n) is 3.83. The molecule has 4 nitrogen and oxygen atoms in total. The Bertz CT molecular complexity index is 881. The highest BCUT2D eigenvalue weighted by Gasteiger charge is 2.05. The molecule has 1 heterocycles. The number of amides is 1. The molecule has 1 aromatic heterocycles. The highest BCUT2D eigenvalue weighted by atomic mass is 79.9. The van der Waals surface area contributed by atoms with Gasteiger partial charge in [-0.2, -0.15) is 5.10 Å². The van der Waals surface area contributed by atoms with Gasteiger partial charge in [-0.1, -0.05) is 46.3 Å². The zero-order valence-electron chi connectivity index (χ0n) is 13.4. The summed E-state index contributed by atoms with van der Waals surface area (Å²) >= 11 is 3.38. The molecule has 5 heteroatoms. The summed E-state index contributed by atoms with van der Waals surface area (Å²) < 4.78 is 3.16. The molecule has 0 radical (unpaired) electrons. The number of carbonyl (C=O) groups is 1. The van der Waals surface area contributed by atoms with Crippen LogP contribution in [0.2, 0.25) is 0 Å². The fourth-order valence-corrected chi connectivity index (χ4v) is 2.91. The summed E-state index contributed by atoms with van der Waals surface area (Å²) in [6.07, 6.45) is 4.06. The largest absolute Gasteiger partial charge is 0.347 e. The van der Waals surface area contributed by atoms with Crippen molar-refractivity contribution < 1.29 is 4.79 Å². The van der Waals surface area contributed by atoms with E-state index in [1.165, 1.54) is 5.52 Å². The summed E-state index contributed by atoms with van der Waals surface area (Å²) in [6, 6.07) is 15.9. The molecule has 3 aromatic rings. The predicted octanol–water partition coefficient (Wildman–Crippen LogP) is 4.12. The van der Waals surface area contributed by atoms with Gasteiger partial charge in [-0.15, -0.1) is 0 Å². The summed E-state index contributed by atoms with van der Waals surface area (Å²) in [5, 5.41) is 5.24. The number of aryl methyl sites for hydroxylation is 1. The van der Waals surface area contributed by atoms with Gasteiger partial charge >= 0.3 is 0 Å². The number of nitrogens with zero attached hydrogens (tertiary/aromatic N) is 2. The number of hydrogen-bond acceptors (Lipinski definition) is 2. The lowest BCUT2D eigenvalue weighted by Crippen LogP contribution is -2.19. The molecule has 0 bridgehead atoms. The Morgan fingerprint density at radius 2 is 1.96 bits per heavy atom. The van der Waals surface area contributed by atoms with Crippen LogP contribution >= 0.6 is 15.9 Å². The molecule has 0 unspecified atom stereocenters. The van der Waals surface area contributed by atoms with E-state index in [0.717, 1.165) is 27.5 Å². The molecule has 122 valence electrons. The van der Waals surface area contributed by atoms with Crippen molar-refractivity contribution in [1.82, 2.24) is 9.99 Å². The van der Waals surface area contributed by atoms with Crippen molar-refractivity contribution in [2.45, 2.75) is 19.9 Å². The predicted molar refractivity (Wildman–Crippen MR) is 101 cm³/mol. The maximum absolute atomic E-state index is 12.0. The molecular formula is C19H18BrN3O. The van der Waals surface area contributed by atoms with Gasteiger partial charge in [0.2, 0.25) is 5.91 Å². The lowest BCUT2D eigenvalue weighted by atomic mass is 10.1. The number of para-hydroxylation sites is 1. The monoisotopic (exact) mass is 383 g/mol. The van der Waals surface area contributed by atoms with Gasteiger partial charge in [0.25, 0.3) is 0 Å². The van der Waals surface area contributed by atoms with Gasteiger partial charge in [0, 0.05) is 33.7 Å². The van der Waals surface area contributed by atoms with Crippen LogP contribution in [0.4, 0.5) is 0 Å². The Hall–Kier alpha value is -2.40. The van der Waals surface area contributed by atoms with E-state index in [1.54, 1.807) is 6.21 Å². The quantitative estimate of drug-likeness (QED) is 0.522. The maximum Gasteiger partial charge on any atom is 0.244 e. The number of halogens is 1. The Balaban J connectivity index is 1.68. The smallest absolute Gasteiger partial charge is 0.244 e. The molecule has 0 saturated carbocycles. The molecular weight excluding hydrogens is 366 g/mol. The van der Waals surface area contributed by atoms with E-state index in [-0.39, 0.29) is 5.91 Å². The van der Waals surface area contributed by atoms with Crippen LogP contribution in [0.15, 0.2) is 64.3 Å². The number of rotatable bonds is 5. The molecule has 0 aliphatic heterocycles. The van der Waals surface area contributed by atoms with Gasteiger partial charge in [0.05, 0.1) is 12.6 Å². The van der Waals surface area contributed by atoms with Crippen molar-refractivity contribution in [3.63, 3.8) is 0 Å². The molecule has 0 aliphatic carbocycles. The number of aromatic nitrogens is 1. The number of hydrogen-bond donors (Lipinski definition) is 1. The Morgan fingerprint density at radius 1 is 1.21 bits per heavy atom. The van der Waals surface area contributed by atoms with Crippen LogP contribution < -0.4 is 5.43 Å². The van der Waals surface area contributed by atoms with Crippen LogP contribution in [-0.2, 0) is 17.8 Å². The Morgan fingerprint density at radius 3 is 2.71 bits per heavy atom. The van der Waals surface area contributed by atoms with Crippen LogP contribution in [0.5, 0.6) is 0 Å². The van der Waals surface area contributed by atoms with E-state index in [9.17, 15) is 4.79 Å². The molecule has 24 heavy (non-hydrogen) atoms. The van der Waals surface area contributed by atoms with E-state index in [1.807, 2.05) is 36.4 Å². The van der Waals surface area contributed by atoms with Gasteiger partial charge in [-0.05, 0) is 30.7 Å². The van der Waals surface area contributed by atoms with Crippen molar-refractivity contribution in [2.24, 2.45) is 5.10 Å². The van der Waals surface area contributed by atoms with Crippen LogP contribution in [0.1, 0.15) is 18.1 Å². The zero-order chi connectivity index (χ0) is 16.9. The van der Waals surface area contributed by atoms with E-state index in [4.69, 9.17) is 0 Å². The van der Waals surface area contributed by atoms with Crippen molar-refractivity contribution in [3.05, 3.63) is 70.3 Å². The van der Waals surface area contributed by atoms with Crippen LogP contribution in [0.3, 0.4) is 0 Å². The molecule has 0 spiro atoms. The first-order valence-corrected chi connectivity index (χ1v) is 8.61. The number of nitrogens with one attached hydrogen (secondary N) is 1. The minimum atomic E-state index is -0.132. The van der Waals surface area contributed by atoms with Gasteiger partial charge in [-0.25, -0.2) is 5.43 Å². The highest BCUT2D eigenvalue weighted by molar-refractivity contribution is 9.10. The lowest BCUT2D eigenvalue weighted by molar-refractivity contribution is -0.120. The highest BCUT2D eigenvalue weighted by Crippen LogP contribution is 2.19. The molecule has 0 fully saturated rings. The van der Waals surface area contributed by atoms with E-state index < -0.39 is 0 Å². The van der Waals surface area contributed by atoms with Crippen molar-refractivity contribution in [3.8, 4) is 0 Å². The molecule has 1 amide bonds. The molecule has 3 rings (SSSR count). The third-order valence-corrected chi connectivity index (χ3v) is 4.36. The number of benzene rings is 2. The third kappa shape index (κ3) is 3.74. The Kier molecular flexibility index (Phi) is 5.11. The minimum absolute atomic E-state index is 0.132. The molecule has 1 N–H and O–H groups in total. The van der Waals surface area contributed by atoms with E-state index in [2.05, 4.69) is 56.3 Å². The number of carbonyl (C=O) groups excluding carboxylic acids is 1. The minimum Gasteiger partial charge on any atom is -0.347 e.